The van der Waals surface area contributed by atoms with E-state index in [0.717, 1.165) is 13.2 Å². The SMILES string of the molecule is COC(=O)/C(C#N)=C/c1ccccc1[N+](=O)[O-]. The molecule has 0 heterocycles. The number of methoxy groups -OCH3 is 1. The number of hydrogen-bond donors (Lipinski definition) is 0. The van der Waals surface area contributed by atoms with Gasteiger partial charge >= 0.3 is 5.97 Å². The van der Waals surface area contributed by atoms with Gasteiger partial charge in [0.2, 0.25) is 0 Å². The number of ether oxygens (including phenoxy) is 1. The van der Waals surface area contributed by atoms with Crippen LogP contribution in [0.5, 0.6) is 0 Å². The smallest absolute Gasteiger partial charge is 0.348 e. The molecule has 0 saturated carbocycles. The number of para-hydroxylation sites is 1. The average molecular weight is 232 g/mol. The van der Waals surface area contributed by atoms with Gasteiger partial charge in [0.05, 0.1) is 17.6 Å². The Hall–Kier alpha value is -2.68. The van der Waals surface area contributed by atoms with Gasteiger partial charge in [-0.2, -0.15) is 5.26 Å². The molecule has 0 saturated heterocycles. The summed E-state index contributed by atoms with van der Waals surface area (Å²) < 4.78 is 4.38. The first-order valence-electron chi connectivity index (χ1n) is 4.53. The average Bonchev–Trinajstić information content (AvgIpc) is 2.35. The van der Waals surface area contributed by atoms with Crippen LogP contribution in [0, 0.1) is 21.4 Å². The van der Waals surface area contributed by atoms with Crippen LogP contribution in [0.1, 0.15) is 5.56 Å². The minimum absolute atomic E-state index is 0.177. The van der Waals surface area contributed by atoms with Crippen molar-refractivity contribution in [2.45, 2.75) is 0 Å². The van der Waals surface area contributed by atoms with Gasteiger partial charge in [-0.25, -0.2) is 4.79 Å². The predicted molar refractivity (Wildman–Crippen MR) is 58.7 cm³/mol. The molecular weight excluding hydrogens is 224 g/mol. The molecule has 0 fully saturated rings. The third kappa shape index (κ3) is 2.89. The molecule has 0 amide bonds. The number of nitriles is 1. The van der Waals surface area contributed by atoms with Crippen molar-refractivity contribution in [3.63, 3.8) is 0 Å². The summed E-state index contributed by atoms with van der Waals surface area (Å²) in [5.41, 5.74) is -0.287. The monoisotopic (exact) mass is 232 g/mol. The molecule has 1 aromatic rings. The fourth-order valence-corrected chi connectivity index (χ4v) is 1.18. The second kappa shape index (κ2) is 5.42. The Morgan fingerprint density at radius 1 is 1.53 bits per heavy atom. The third-order valence-corrected chi connectivity index (χ3v) is 1.96. The van der Waals surface area contributed by atoms with Gasteiger partial charge in [0.15, 0.2) is 0 Å². The van der Waals surface area contributed by atoms with Gasteiger partial charge in [-0.15, -0.1) is 0 Å². The maximum Gasteiger partial charge on any atom is 0.348 e. The summed E-state index contributed by atoms with van der Waals surface area (Å²) in [6.45, 7) is 0. The van der Waals surface area contributed by atoms with Crippen LogP contribution in [-0.4, -0.2) is 18.0 Å². The molecule has 0 bridgehead atoms. The number of benzene rings is 1. The standard InChI is InChI=1S/C11H8N2O4/c1-17-11(14)9(7-12)6-8-4-2-3-5-10(8)13(15)16/h2-6H,1H3/b9-6+. The Balaban J connectivity index is 3.26. The van der Waals surface area contributed by atoms with E-state index in [9.17, 15) is 14.9 Å². The van der Waals surface area contributed by atoms with Crippen LogP contribution in [-0.2, 0) is 9.53 Å². The first kappa shape index (κ1) is 12.4. The second-order valence-corrected chi connectivity index (χ2v) is 2.98. The lowest BCUT2D eigenvalue weighted by Gasteiger charge is -1.98. The molecule has 17 heavy (non-hydrogen) atoms. The second-order valence-electron chi connectivity index (χ2n) is 2.98. The molecule has 0 aliphatic rings. The Morgan fingerprint density at radius 2 is 2.18 bits per heavy atom. The molecule has 0 aliphatic carbocycles. The van der Waals surface area contributed by atoms with Crippen molar-refractivity contribution >= 4 is 17.7 Å². The van der Waals surface area contributed by atoms with E-state index in [-0.39, 0.29) is 16.8 Å². The first-order chi connectivity index (χ1) is 8.10. The van der Waals surface area contributed by atoms with Gasteiger partial charge in [0.25, 0.3) is 5.69 Å². The first-order valence-corrected chi connectivity index (χ1v) is 4.53. The Kier molecular flexibility index (Phi) is 3.95. The van der Waals surface area contributed by atoms with Crippen LogP contribution in [0.25, 0.3) is 6.08 Å². The molecule has 0 radical (unpaired) electrons. The Morgan fingerprint density at radius 3 is 2.71 bits per heavy atom. The largest absolute Gasteiger partial charge is 0.465 e. The number of nitrogens with zero attached hydrogens (tertiary/aromatic N) is 2. The number of nitro groups is 1. The molecule has 0 atom stereocenters. The van der Waals surface area contributed by atoms with Crippen LogP contribution < -0.4 is 0 Å². The summed E-state index contributed by atoms with van der Waals surface area (Å²) >= 11 is 0. The molecule has 1 aromatic carbocycles. The number of rotatable bonds is 3. The van der Waals surface area contributed by atoms with Gasteiger partial charge in [0, 0.05) is 6.07 Å². The van der Waals surface area contributed by atoms with Crippen LogP contribution in [0.3, 0.4) is 0 Å². The molecule has 0 N–H and O–H groups in total. The molecule has 0 unspecified atom stereocenters. The maximum atomic E-state index is 11.1. The van der Waals surface area contributed by atoms with Crippen LogP contribution in [0.4, 0.5) is 5.69 Å². The fraction of sp³-hybridized carbons (Fsp3) is 0.0909. The number of nitro benzene ring substituents is 1. The highest BCUT2D eigenvalue weighted by molar-refractivity contribution is 5.98. The fourth-order valence-electron chi connectivity index (χ4n) is 1.18. The number of carbonyl (C=O) groups is 1. The molecule has 6 nitrogen and oxygen atoms in total. The third-order valence-electron chi connectivity index (χ3n) is 1.96. The van der Waals surface area contributed by atoms with Crippen molar-refractivity contribution in [2.24, 2.45) is 0 Å². The minimum Gasteiger partial charge on any atom is -0.465 e. The molecule has 0 spiro atoms. The Labute approximate surface area is 96.9 Å². The minimum atomic E-state index is -0.828. The summed E-state index contributed by atoms with van der Waals surface area (Å²) in [7, 11) is 1.13. The van der Waals surface area contributed by atoms with E-state index >= 15 is 0 Å². The van der Waals surface area contributed by atoms with Crippen LogP contribution in [0.2, 0.25) is 0 Å². The number of carbonyl (C=O) groups excluding carboxylic acids is 1. The topological polar surface area (TPSA) is 93.2 Å². The summed E-state index contributed by atoms with van der Waals surface area (Å²) in [4.78, 5) is 21.3. The summed E-state index contributed by atoms with van der Waals surface area (Å²) in [5, 5.41) is 19.4. The lowest BCUT2D eigenvalue weighted by Crippen LogP contribution is -2.03. The van der Waals surface area contributed by atoms with E-state index in [2.05, 4.69) is 4.74 Å². The highest BCUT2D eigenvalue weighted by Gasteiger charge is 2.14. The molecule has 6 heteroatoms. The van der Waals surface area contributed by atoms with Crippen molar-refractivity contribution in [1.82, 2.24) is 0 Å². The van der Waals surface area contributed by atoms with Crippen molar-refractivity contribution in [2.75, 3.05) is 7.11 Å². The van der Waals surface area contributed by atoms with E-state index in [1.54, 1.807) is 12.1 Å². The molecule has 0 aliphatic heterocycles. The summed E-state index contributed by atoms with van der Waals surface area (Å²) in [6.07, 6.45) is 1.13. The van der Waals surface area contributed by atoms with Crippen LogP contribution >= 0.6 is 0 Å². The van der Waals surface area contributed by atoms with Crippen molar-refractivity contribution in [1.29, 1.82) is 5.26 Å². The number of hydrogen-bond acceptors (Lipinski definition) is 5. The van der Waals surface area contributed by atoms with Crippen molar-refractivity contribution in [3.8, 4) is 6.07 Å². The van der Waals surface area contributed by atoms with E-state index in [0.29, 0.717) is 0 Å². The van der Waals surface area contributed by atoms with Crippen molar-refractivity contribution in [3.05, 3.63) is 45.5 Å². The van der Waals surface area contributed by atoms with E-state index < -0.39 is 10.9 Å². The molecule has 1 rings (SSSR count). The van der Waals surface area contributed by atoms with Gasteiger partial charge in [-0.05, 0) is 12.1 Å². The zero-order valence-corrected chi connectivity index (χ0v) is 8.91. The number of esters is 1. The quantitative estimate of drug-likeness (QED) is 0.260. The van der Waals surface area contributed by atoms with Crippen molar-refractivity contribution < 1.29 is 14.5 Å². The Bertz CT molecular complexity index is 529. The molecular formula is C11H8N2O4. The zero-order chi connectivity index (χ0) is 12.8. The maximum absolute atomic E-state index is 11.1. The van der Waals surface area contributed by atoms with E-state index in [1.165, 1.54) is 18.2 Å². The van der Waals surface area contributed by atoms with E-state index in [4.69, 9.17) is 5.26 Å². The predicted octanol–water partition coefficient (Wildman–Crippen LogP) is 1.67. The molecule has 86 valence electrons. The van der Waals surface area contributed by atoms with Gasteiger partial charge in [-0.1, -0.05) is 12.1 Å². The summed E-state index contributed by atoms with van der Waals surface area (Å²) in [6, 6.07) is 7.44. The van der Waals surface area contributed by atoms with Crippen LogP contribution in [0.15, 0.2) is 29.8 Å². The normalized spacial score (nSPS) is 10.5. The molecule has 0 aromatic heterocycles. The van der Waals surface area contributed by atoms with Gasteiger partial charge in [-0.3, -0.25) is 10.1 Å². The van der Waals surface area contributed by atoms with Gasteiger partial charge in [0.1, 0.15) is 11.6 Å². The van der Waals surface area contributed by atoms with E-state index in [1.807, 2.05) is 0 Å². The highest BCUT2D eigenvalue weighted by atomic mass is 16.6. The lowest BCUT2D eigenvalue weighted by molar-refractivity contribution is -0.385. The lowest BCUT2D eigenvalue weighted by atomic mass is 10.1. The highest BCUT2D eigenvalue weighted by Crippen LogP contribution is 2.20. The zero-order valence-electron chi connectivity index (χ0n) is 8.91. The van der Waals surface area contributed by atoms with Gasteiger partial charge < -0.3 is 4.74 Å². The summed E-state index contributed by atoms with van der Waals surface area (Å²) in [5.74, 6) is -0.828.